The first-order valence-electron chi connectivity index (χ1n) is 4.46. The van der Waals surface area contributed by atoms with E-state index in [1.807, 2.05) is 0 Å². The van der Waals surface area contributed by atoms with Crippen LogP contribution in [0.2, 0.25) is 0 Å². The van der Waals surface area contributed by atoms with Crippen molar-refractivity contribution in [2.24, 2.45) is 0 Å². The first-order valence-corrected chi connectivity index (χ1v) is 4.46. The lowest BCUT2D eigenvalue weighted by molar-refractivity contribution is -0.110. The highest BCUT2D eigenvalue weighted by molar-refractivity contribution is 5.52. The Labute approximate surface area is 84.1 Å². The molecule has 0 spiro atoms. The Kier molecular flexibility index (Phi) is 2.17. The third-order valence-electron chi connectivity index (χ3n) is 2.64. The highest BCUT2D eigenvalue weighted by Crippen LogP contribution is 2.46. The minimum Gasteiger partial charge on any atom is -0.349 e. The quantitative estimate of drug-likeness (QED) is 0.605. The van der Waals surface area contributed by atoms with E-state index >= 15 is 0 Å². The molecule has 0 atom stereocenters. The Balaban J connectivity index is 2.45. The summed E-state index contributed by atoms with van der Waals surface area (Å²) in [4.78, 5) is 10.3. The number of hydrogen-bond donors (Lipinski definition) is 1. The van der Waals surface area contributed by atoms with E-state index < -0.39 is 23.0 Å². The van der Waals surface area contributed by atoms with Gasteiger partial charge in [-0.15, -0.1) is 0 Å². The third-order valence-corrected chi connectivity index (χ3v) is 2.64. The van der Waals surface area contributed by atoms with Crippen LogP contribution in [0.1, 0.15) is 18.4 Å². The van der Waals surface area contributed by atoms with Crippen molar-refractivity contribution in [1.29, 1.82) is 0 Å². The fourth-order valence-corrected chi connectivity index (χ4v) is 1.62. The molecule has 0 unspecified atom stereocenters. The molecule has 1 aromatic rings. The van der Waals surface area contributed by atoms with E-state index in [-0.39, 0.29) is 5.56 Å². The van der Waals surface area contributed by atoms with Gasteiger partial charge in [-0.25, -0.2) is 13.2 Å². The zero-order chi connectivity index (χ0) is 11.1. The predicted octanol–water partition coefficient (Wildman–Crippen LogP) is 1.84. The van der Waals surface area contributed by atoms with Crippen molar-refractivity contribution in [1.82, 2.24) is 5.32 Å². The van der Waals surface area contributed by atoms with Gasteiger partial charge in [0.05, 0.1) is 5.54 Å². The van der Waals surface area contributed by atoms with Crippen LogP contribution in [0, 0.1) is 17.5 Å². The van der Waals surface area contributed by atoms with Gasteiger partial charge in [-0.05, 0) is 18.9 Å². The number of carbonyl (C=O) groups excluding carboxylic acids is 1. The van der Waals surface area contributed by atoms with Crippen molar-refractivity contribution < 1.29 is 18.0 Å². The lowest BCUT2D eigenvalue weighted by Crippen LogP contribution is -2.28. The standard InChI is InChI=1S/C10H8F3NO/c11-7-2-1-6(8(12)9(7)13)10(3-4-10)14-5-15/h1-2,5H,3-4H2,(H,14,15). The lowest BCUT2D eigenvalue weighted by atomic mass is 10.0. The molecule has 1 fully saturated rings. The molecule has 1 saturated carbocycles. The third kappa shape index (κ3) is 1.48. The maximum Gasteiger partial charge on any atom is 0.207 e. The highest BCUT2D eigenvalue weighted by Gasteiger charge is 2.46. The van der Waals surface area contributed by atoms with Crippen LogP contribution in [0.15, 0.2) is 12.1 Å². The molecule has 0 heterocycles. The minimum absolute atomic E-state index is 0.00787. The SMILES string of the molecule is O=CNC1(c2ccc(F)c(F)c2F)CC1. The van der Waals surface area contributed by atoms with Gasteiger partial charge in [-0.2, -0.15) is 0 Å². The van der Waals surface area contributed by atoms with Gasteiger partial charge in [0, 0.05) is 5.56 Å². The average Bonchev–Trinajstić information content (AvgIpc) is 2.96. The van der Waals surface area contributed by atoms with Crippen LogP contribution in [-0.4, -0.2) is 6.41 Å². The smallest absolute Gasteiger partial charge is 0.207 e. The van der Waals surface area contributed by atoms with E-state index in [4.69, 9.17) is 0 Å². The summed E-state index contributed by atoms with van der Waals surface area (Å²) in [5.41, 5.74) is -0.825. The molecule has 1 aliphatic rings. The molecular weight excluding hydrogens is 207 g/mol. The Hall–Kier alpha value is -1.52. The summed E-state index contributed by atoms with van der Waals surface area (Å²) >= 11 is 0. The molecule has 1 aliphatic carbocycles. The van der Waals surface area contributed by atoms with E-state index in [0.29, 0.717) is 19.3 Å². The maximum atomic E-state index is 13.4. The van der Waals surface area contributed by atoms with Crippen molar-refractivity contribution in [3.05, 3.63) is 35.1 Å². The first kappa shape index (κ1) is 10.0. The molecule has 1 aromatic carbocycles. The molecule has 0 aromatic heterocycles. The summed E-state index contributed by atoms with van der Waals surface area (Å²) in [5.74, 6) is -3.94. The molecule has 0 aliphatic heterocycles. The van der Waals surface area contributed by atoms with Crippen molar-refractivity contribution in [2.75, 3.05) is 0 Å². The molecule has 80 valence electrons. The zero-order valence-electron chi connectivity index (χ0n) is 7.69. The number of nitrogens with one attached hydrogen (secondary N) is 1. The molecular formula is C10H8F3NO. The maximum absolute atomic E-state index is 13.4. The fraction of sp³-hybridized carbons (Fsp3) is 0.300. The molecule has 5 heteroatoms. The van der Waals surface area contributed by atoms with Crippen LogP contribution in [0.25, 0.3) is 0 Å². The molecule has 2 rings (SSSR count). The summed E-state index contributed by atoms with van der Waals surface area (Å²) in [6.45, 7) is 0. The van der Waals surface area contributed by atoms with Gasteiger partial charge in [-0.1, -0.05) is 6.07 Å². The second-order valence-corrected chi connectivity index (χ2v) is 3.57. The van der Waals surface area contributed by atoms with Gasteiger partial charge in [0.25, 0.3) is 0 Å². The van der Waals surface area contributed by atoms with Gasteiger partial charge in [0.15, 0.2) is 17.5 Å². The van der Waals surface area contributed by atoms with Crippen LogP contribution in [0.5, 0.6) is 0 Å². The average molecular weight is 215 g/mol. The van der Waals surface area contributed by atoms with Gasteiger partial charge < -0.3 is 5.32 Å². The van der Waals surface area contributed by atoms with Crippen LogP contribution in [0.3, 0.4) is 0 Å². The number of carbonyl (C=O) groups is 1. The van der Waals surface area contributed by atoms with Crippen molar-refractivity contribution in [3.63, 3.8) is 0 Å². The number of rotatable bonds is 3. The lowest BCUT2D eigenvalue weighted by Gasteiger charge is -2.15. The predicted molar refractivity (Wildman–Crippen MR) is 46.4 cm³/mol. The van der Waals surface area contributed by atoms with Crippen molar-refractivity contribution >= 4 is 6.41 Å². The molecule has 15 heavy (non-hydrogen) atoms. The van der Waals surface area contributed by atoms with E-state index in [2.05, 4.69) is 5.32 Å². The second kappa shape index (κ2) is 3.25. The molecule has 1 amide bonds. The summed E-state index contributed by atoms with van der Waals surface area (Å²) in [6, 6.07) is 2.03. The van der Waals surface area contributed by atoms with E-state index in [1.165, 1.54) is 0 Å². The number of hydrogen-bond acceptors (Lipinski definition) is 1. The fourth-order valence-electron chi connectivity index (χ4n) is 1.62. The normalized spacial score (nSPS) is 17.3. The summed E-state index contributed by atoms with van der Waals surface area (Å²) in [5, 5.41) is 2.43. The topological polar surface area (TPSA) is 29.1 Å². The van der Waals surface area contributed by atoms with Crippen LogP contribution < -0.4 is 5.32 Å². The van der Waals surface area contributed by atoms with Gasteiger partial charge >= 0.3 is 0 Å². The van der Waals surface area contributed by atoms with Crippen molar-refractivity contribution in [3.8, 4) is 0 Å². The van der Waals surface area contributed by atoms with E-state index in [1.54, 1.807) is 0 Å². The second-order valence-electron chi connectivity index (χ2n) is 3.57. The molecule has 1 N–H and O–H groups in total. The van der Waals surface area contributed by atoms with E-state index in [0.717, 1.165) is 12.1 Å². The Bertz CT molecular complexity index is 415. The number of amides is 1. The molecule has 0 radical (unpaired) electrons. The Morgan fingerprint density at radius 1 is 1.20 bits per heavy atom. The zero-order valence-corrected chi connectivity index (χ0v) is 7.69. The summed E-state index contributed by atoms with van der Waals surface area (Å²) in [6.07, 6.45) is 1.51. The number of benzene rings is 1. The van der Waals surface area contributed by atoms with Crippen LogP contribution in [-0.2, 0) is 10.3 Å². The first-order chi connectivity index (χ1) is 7.10. The van der Waals surface area contributed by atoms with E-state index in [9.17, 15) is 18.0 Å². The largest absolute Gasteiger partial charge is 0.349 e. The monoisotopic (exact) mass is 215 g/mol. The highest BCUT2D eigenvalue weighted by atomic mass is 19.2. The van der Waals surface area contributed by atoms with Crippen LogP contribution >= 0.6 is 0 Å². The van der Waals surface area contributed by atoms with Crippen molar-refractivity contribution in [2.45, 2.75) is 18.4 Å². The van der Waals surface area contributed by atoms with Gasteiger partial charge in [-0.3, -0.25) is 4.79 Å². The summed E-state index contributed by atoms with van der Waals surface area (Å²) in [7, 11) is 0. The van der Waals surface area contributed by atoms with Crippen LogP contribution in [0.4, 0.5) is 13.2 Å². The molecule has 2 nitrogen and oxygen atoms in total. The van der Waals surface area contributed by atoms with Gasteiger partial charge in [0.2, 0.25) is 6.41 Å². The Morgan fingerprint density at radius 2 is 1.87 bits per heavy atom. The Morgan fingerprint density at radius 3 is 2.40 bits per heavy atom. The number of halogens is 3. The molecule has 0 bridgehead atoms. The summed E-state index contributed by atoms with van der Waals surface area (Å²) < 4.78 is 38.9. The minimum atomic E-state index is -1.49. The van der Waals surface area contributed by atoms with Gasteiger partial charge in [0.1, 0.15) is 0 Å². The molecule has 0 saturated heterocycles.